The molecule has 1 atom stereocenters. The monoisotopic (exact) mass is 299 g/mol. The summed E-state index contributed by atoms with van der Waals surface area (Å²) >= 11 is 0. The molecule has 0 aliphatic heterocycles. The van der Waals surface area contributed by atoms with Gasteiger partial charge in [-0.25, -0.2) is 0 Å². The maximum absolute atomic E-state index is 11.9. The van der Waals surface area contributed by atoms with Crippen molar-refractivity contribution < 1.29 is 14.3 Å². The predicted molar refractivity (Wildman–Crippen MR) is 81.1 cm³/mol. The smallest absolute Gasteiger partial charge is 0.288 e. The summed E-state index contributed by atoms with van der Waals surface area (Å²) in [4.78, 5) is 27.5. The van der Waals surface area contributed by atoms with Gasteiger partial charge in [0, 0.05) is 6.20 Å². The maximum Gasteiger partial charge on any atom is 0.288 e. The summed E-state index contributed by atoms with van der Waals surface area (Å²) in [5.41, 5.74) is 5.92. The Labute approximate surface area is 128 Å². The quantitative estimate of drug-likeness (QED) is 0.841. The number of pyridine rings is 1. The molecular weight excluding hydrogens is 282 g/mol. The van der Waals surface area contributed by atoms with E-state index in [4.69, 9.17) is 4.74 Å². The highest BCUT2D eigenvalue weighted by atomic mass is 16.5. The summed E-state index contributed by atoms with van der Waals surface area (Å²) in [5.74, 6) is -0.356. The van der Waals surface area contributed by atoms with Crippen LogP contribution in [0, 0.1) is 6.92 Å². The molecule has 0 spiro atoms. The summed E-state index contributed by atoms with van der Waals surface area (Å²) in [6.07, 6.45) is 0.756. The third-order valence-electron chi connectivity index (χ3n) is 2.90. The molecule has 0 bridgehead atoms. The van der Waals surface area contributed by atoms with Crippen LogP contribution in [-0.4, -0.2) is 22.9 Å². The zero-order chi connectivity index (χ0) is 15.9. The topological polar surface area (TPSA) is 80.3 Å². The third kappa shape index (κ3) is 4.31. The number of hydrazine groups is 1. The van der Waals surface area contributed by atoms with Crippen molar-refractivity contribution in [2.45, 2.75) is 20.0 Å². The van der Waals surface area contributed by atoms with Gasteiger partial charge in [-0.15, -0.1) is 0 Å². The van der Waals surface area contributed by atoms with Gasteiger partial charge in [0.15, 0.2) is 6.10 Å². The molecule has 2 aromatic rings. The van der Waals surface area contributed by atoms with Crippen LogP contribution in [0.25, 0.3) is 0 Å². The lowest BCUT2D eigenvalue weighted by molar-refractivity contribution is -0.128. The molecule has 6 nitrogen and oxygen atoms in total. The number of rotatable bonds is 4. The molecule has 1 heterocycles. The van der Waals surface area contributed by atoms with E-state index in [1.165, 1.54) is 6.20 Å². The van der Waals surface area contributed by atoms with Gasteiger partial charge >= 0.3 is 0 Å². The average Bonchev–Trinajstić information content (AvgIpc) is 2.55. The van der Waals surface area contributed by atoms with Crippen LogP contribution in [-0.2, 0) is 4.79 Å². The Balaban J connectivity index is 1.84. The number of amides is 2. The van der Waals surface area contributed by atoms with Gasteiger partial charge in [0.2, 0.25) is 0 Å². The van der Waals surface area contributed by atoms with Crippen molar-refractivity contribution in [3.8, 4) is 5.75 Å². The number of carbonyl (C=O) groups is 2. The van der Waals surface area contributed by atoms with Gasteiger partial charge in [-0.3, -0.25) is 25.4 Å². The number of hydrogen-bond donors (Lipinski definition) is 2. The van der Waals surface area contributed by atoms with Crippen molar-refractivity contribution >= 4 is 11.8 Å². The zero-order valence-electron chi connectivity index (χ0n) is 12.4. The standard InChI is InChI=1S/C16H17N3O3/c1-11-6-8-13(9-7-11)22-12(2)15(20)18-19-16(21)14-5-3-4-10-17-14/h3-10,12H,1-2H3,(H,18,20)(H,19,21). The van der Waals surface area contributed by atoms with Crippen LogP contribution in [0.15, 0.2) is 48.7 Å². The maximum atomic E-state index is 11.9. The first-order chi connectivity index (χ1) is 10.6. The second-order valence-corrected chi connectivity index (χ2v) is 4.73. The van der Waals surface area contributed by atoms with E-state index in [-0.39, 0.29) is 5.69 Å². The van der Waals surface area contributed by atoms with Gasteiger partial charge < -0.3 is 4.74 Å². The minimum atomic E-state index is -0.744. The van der Waals surface area contributed by atoms with E-state index < -0.39 is 17.9 Å². The van der Waals surface area contributed by atoms with Crippen molar-refractivity contribution in [1.82, 2.24) is 15.8 Å². The fourth-order valence-electron chi connectivity index (χ4n) is 1.66. The Morgan fingerprint density at radius 2 is 1.82 bits per heavy atom. The molecule has 2 rings (SSSR count). The Hall–Kier alpha value is -2.89. The van der Waals surface area contributed by atoms with Gasteiger partial charge in [-0.2, -0.15) is 0 Å². The minimum Gasteiger partial charge on any atom is -0.481 e. The molecule has 2 amide bonds. The molecule has 1 unspecified atom stereocenters. The second kappa shape index (κ2) is 7.21. The van der Waals surface area contributed by atoms with E-state index in [2.05, 4.69) is 15.8 Å². The number of ether oxygens (including phenoxy) is 1. The summed E-state index contributed by atoms with van der Waals surface area (Å²) in [7, 11) is 0. The molecule has 0 fully saturated rings. The van der Waals surface area contributed by atoms with Crippen LogP contribution in [0.3, 0.4) is 0 Å². The van der Waals surface area contributed by atoms with E-state index in [9.17, 15) is 9.59 Å². The van der Waals surface area contributed by atoms with Crippen molar-refractivity contribution in [3.63, 3.8) is 0 Å². The molecule has 22 heavy (non-hydrogen) atoms. The summed E-state index contributed by atoms with van der Waals surface area (Å²) < 4.78 is 5.49. The molecule has 1 aromatic heterocycles. The SMILES string of the molecule is Cc1ccc(OC(C)C(=O)NNC(=O)c2ccccn2)cc1. The molecule has 2 N–H and O–H groups in total. The number of carbonyl (C=O) groups excluding carboxylic acids is 2. The predicted octanol–water partition coefficient (Wildman–Crippen LogP) is 1.62. The average molecular weight is 299 g/mol. The zero-order valence-corrected chi connectivity index (χ0v) is 12.4. The Bertz CT molecular complexity index is 641. The molecule has 6 heteroatoms. The normalized spacial score (nSPS) is 11.4. The van der Waals surface area contributed by atoms with E-state index >= 15 is 0 Å². The summed E-state index contributed by atoms with van der Waals surface area (Å²) in [6.45, 7) is 3.56. The molecule has 0 saturated carbocycles. The number of aryl methyl sites for hydroxylation is 1. The van der Waals surface area contributed by atoms with Crippen LogP contribution in [0.1, 0.15) is 23.0 Å². The molecule has 0 saturated heterocycles. The highest BCUT2D eigenvalue weighted by molar-refractivity contribution is 5.94. The molecule has 114 valence electrons. The largest absolute Gasteiger partial charge is 0.481 e. The number of hydrogen-bond acceptors (Lipinski definition) is 4. The lowest BCUT2D eigenvalue weighted by atomic mass is 10.2. The first-order valence-electron chi connectivity index (χ1n) is 6.81. The van der Waals surface area contributed by atoms with Crippen LogP contribution in [0.2, 0.25) is 0 Å². The van der Waals surface area contributed by atoms with Gasteiger partial charge in [-0.1, -0.05) is 23.8 Å². The molecule has 0 aliphatic carbocycles. The van der Waals surface area contributed by atoms with E-state index in [0.29, 0.717) is 5.75 Å². The van der Waals surface area contributed by atoms with Crippen molar-refractivity contribution in [1.29, 1.82) is 0 Å². The van der Waals surface area contributed by atoms with E-state index in [1.54, 1.807) is 37.3 Å². The fraction of sp³-hybridized carbons (Fsp3) is 0.188. The Morgan fingerprint density at radius 1 is 1.09 bits per heavy atom. The van der Waals surface area contributed by atoms with Gasteiger partial charge in [0.05, 0.1) is 0 Å². The molecule has 0 radical (unpaired) electrons. The number of nitrogens with zero attached hydrogens (tertiary/aromatic N) is 1. The highest BCUT2D eigenvalue weighted by Crippen LogP contribution is 2.13. The second-order valence-electron chi connectivity index (χ2n) is 4.73. The first-order valence-corrected chi connectivity index (χ1v) is 6.81. The summed E-state index contributed by atoms with van der Waals surface area (Å²) in [6, 6.07) is 12.3. The molecule has 0 aliphatic rings. The van der Waals surface area contributed by atoms with Crippen LogP contribution < -0.4 is 15.6 Å². The third-order valence-corrected chi connectivity index (χ3v) is 2.90. The van der Waals surface area contributed by atoms with Crippen molar-refractivity contribution in [3.05, 3.63) is 59.9 Å². The lowest BCUT2D eigenvalue weighted by Crippen LogP contribution is -2.47. The van der Waals surface area contributed by atoms with Crippen molar-refractivity contribution in [2.24, 2.45) is 0 Å². The number of benzene rings is 1. The minimum absolute atomic E-state index is 0.218. The van der Waals surface area contributed by atoms with Crippen LogP contribution in [0.4, 0.5) is 0 Å². The van der Waals surface area contributed by atoms with Gasteiger partial charge in [-0.05, 0) is 38.1 Å². The Kier molecular flexibility index (Phi) is 5.08. The van der Waals surface area contributed by atoms with Gasteiger partial charge in [0.25, 0.3) is 11.8 Å². The Morgan fingerprint density at radius 3 is 2.45 bits per heavy atom. The molecular formula is C16H17N3O3. The van der Waals surface area contributed by atoms with Crippen molar-refractivity contribution in [2.75, 3.05) is 0 Å². The summed E-state index contributed by atoms with van der Waals surface area (Å²) in [5, 5.41) is 0. The van der Waals surface area contributed by atoms with Crippen LogP contribution in [0.5, 0.6) is 5.75 Å². The van der Waals surface area contributed by atoms with E-state index in [1.807, 2.05) is 19.1 Å². The van der Waals surface area contributed by atoms with Gasteiger partial charge in [0.1, 0.15) is 11.4 Å². The number of nitrogens with one attached hydrogen (secondary N) is 2. The molecule has 1 aromatic carbocycles. The lowest BCUT2D eigenvalue weighted by Gasteiger charge is -2.15. The number of aromatic nitrogens is 1. The van der Waals surface area contributed by atoms with E-state index in [0.717, 1.165) is 5.56 Å². The highest BCUT2D eigenvalue weighted by Gasteiger charge is 2.16. The fourth-order valence-corrected chi connectivity index (χ4v) is 1.66. The first kappa shape index (κ1) is 15.5. The van der Waals surface area contributed by atoms with Crippen LogP contribution >= 0.6 is 0 Å².